The molecule has 12 heteroatoms. The summed E-state index contributed by atoms with van der Waals surface area (Å²) < 4.78 is 12.2. The van der Waals surface area contributed by atoms with Crippen molar-refractivity contribution in [1.29, 1.82) is 0 Å². The summed E-state index contributed by atoms with van der Waals surface area (Å²) >= 11 is 0. The van der Waals surface area contributed by atoms with E-state index in [-0.39, 0.29) is 72.0 Å². The molecule has 0 heterocycles. The SMILES string of the molecule is [B]c1c([B])c([B])c(Oc2cccc(Oc3c([B])c([B])c([B])c([B])c3[B])c2C(C)C)c([B])c1[B]. The molecule has 0 bridgehead atoms. The molecule has 0 saturated heterocycles. The van der Waals surface area contributed by atoms with Crippen LogP contribution >= 0.6 is 0 Å². The van der Waals surface area contributed by atoms with Crippen LogP contribution in [0.5, 0.6) is 23.0 Å². The Hall–Kier alpha value is -2.09. The van der Waals surface area contributed by atoms with Gasteiger partial charge in [-0.1, -0.05) is 41.8 Å². The van der Waals surface area contributed by atoms with E-state index >= 15 is 0 Å². The molecule has 0 aliphatic heterocycles. The summed E-state index contributed by atoms with van der Waals surface area (Å²) in [5.41, 5.74) is 1.37. The summed E-state index contributed by atoms with van der Waals surface area (Å²) in [6.07, 6.45) is 0. The van der Waals surface area contributed by atoms with Crippen molar-refractivity contribution in [3.63, 3.8) is 0 Å². The normalized spacial score (nSPS) is 11.0. The Balaban J connectivity index is 2.16. The van der Waals surface area contributed by atoms with Crippen molar-refractivity contribution >= 4 is 133 Å². The van der Waals surface area contributed by atoms with Crippen molar-refractivity contribution in [1.82, 2.24) is 0 Å². The van der Waals surface area contributed by atoms with Crippen molar-refractivity contribution < 1.29 is 9.47 Å². The fraction of sp³-hybridized carbons (Fsp3) is 0.143. The topological polar surface area (TPSA) is 18.5 Å². The molecule has 0 atom stereocenters. The molecule has 0 fully saturated rings. The first-order valence-electron chi connectivity index (χ1n) is 9.89. The molecule has 0 spiro atoms. The molecule has 20 radical (unpaired) electrons. The Labute approximate surface area is 208 Å². The lowest BCUT2D eigenvalue weighted by Gasteiger charge is -2.25. The van der Waals surface area contributed by atoms with Gasteiger partial charge in [-0.2, -0.15) is 0 Å². The average molecular weight is 402 g/mol. The highest BCUT2D eigenvalue weighted by Gasteiger charge is 2.20. The van der Waals surface area contributed by atoms with E-state index in [1.807, 2.05) is 13.8 Å². The lowest BCUT2D eigenvalue weighted by molar-refractivity contribution is 0.451. The Morgan fingerprint density at radius 2 is 0.758 bits per heavy atom. The Morgan fingerprint density at radius 3 is 1.03 bits per heavy atom. The third-order valence-electron chi connectivity index (χ3n) is 5.33. The summed E-state index contributed by atoms with van der Waals surface area (Å²) in [5.74, 6) is 0.848. The number of hydrogen-bond donors (Lipinski definition) is 0. The lowest BCUT2D eigenvalue weighted by Crippen LogP contribution is -2.54. The van der Waals surface area contributed by atoms with Crippen LogP contribution < -0.4 is 64.1 Å². The van der Waals surface area contributed by atoms with E-state index in [1.54, 1.807) is 18.2 Å². The fourth-order valence-corrected chi connectivity index (χ4v) is 3.36. The van der Waals surface area contributed by atoms with Gasteiger partial charge in [0.15, 0.2) is 0 Å². The van der Waals surface area contributed by atoms with Crippen molar-refractivity contribution in [2.45, 2.75) is 19.8 Å². The van der Waals surface area contributed by atoms with Crippen molar-refractivity contribution in [2.24, 2.45) is 0 Å². The van der Waals surface area contributed by atoms with Gasteiger partial charge in [-0.3, -0.25) is 0 Å². The number of rotatable bonds is 5. The molecule has 3 aromatic carbocycles. The van der Waals surface area contributed by atoms with Gasteiger partial charge in [0.25, 0.3) is 0 Å². The number of hydrogen-bond acceptors (Lipinski definition) is 2. The van der Waals surface area contributed by atoms with Crippen LogP contribution in [0.4, 0.5) is 0 Å². The number of ether oxygens (including phenoxy) is 2. The monoisotopic (exact) mass is 404 g/mol. The van der Waals surface area contributed by atoms with Gasteiger partial charge >= 0.3 is 0 Å². The summed E-state index contributed by atoms with van der Waals surface area (Å²) in [7, 11) is 60.0. The molecule has 136 valence electrons. The molecule has 0 N–H and O–H groups in total. The molecule has 0 aromatic heterocycles. The minimum Gasteiger partial charge on any atom is -0.458 e. The first-order valence-corrected chi connectivity index (χ1v) is 9.89. The minimum absolute atomic E-state index is 0.0628. The summed E-state index contributed by atoms with van der Waals surface area (Å²) in [5, 5.41) is 0. The van der Waals surface area contributed by atoms with Crippen molar-refractivity contribution in [3.8, 4) is 23.0 Å². The smallest absolute Gasteiger partial charge is 0.134 e. The molecular weight excluding hydrogens is 392 g/mol. The maximum Gasteiger partial charge on any atom is 0.134 e. The second-order valence-corrected chi connectivity index (χ2v) is 7.82. The molecule has 0 unspecified atom stereocenters. The summed E-state index contributed by atoms with van der Waals surface area (Å²) in [4.78, 5) is 0. The van der Waals surface area contributed by atoms with E-state index < -0.39 is 0 Å². The van der Waals surface area contributed by atoms with Crippen molar-refractivity contribution in [3.05, 3.63) is 23.8 Å². The van der Waals surface area contributed by atoms with Gasteiger partial charge in [0.1, 0.15) is 101 Å². The van der Waals surface area contributed by atoms with Crippen LogP contribution in [-0.4, -0.2) is 78.5 Å². The predicted octanol–water partition coefficient (Wildman–Crippen LogP) is -5.67. The quantitative estimate of drug-likeness (QED) is 0.397. The van der Waals surface area contributed by atoms with Gasteiger partial charge in [0.05, 0.1) is 0 Å². The van der Waals surface area contributed by atoms with Gasteiger partial charge in [-0.15, -0.1) is 32.8 Å². The van der Waals surface area contributed by atoms with Crippen molar-refractivity contribution in [2.75, 3.05) is 0 Å². The molecule has 0 saturated carbocycles. The molecule has 33 heavy (non-hydrogen) atoms. The second kappa shape index (κ2) is 9.64. The zero-order valence-electron chi connectivity index (χ0n) is 18.4. The molecule has 0 amide bonds. The zero-order chi connectivity index (χ0) is 24.8. The Morgan fingerprint density at radius 1 is 0.485 bits per heavy atom. The number of benzene rings is 3. The maximum atomic E-state index is 6.11. The van der Waals surface area contributed by atoms with E-state index in [0.717, 1.165) is 0 Å². The molecule has 3 aromatic rings. The van der Waals surface area contributed by atoms with Crippen LogP contribution in [0.1, 0.15) is 25.3 Å². The van der Waals surface area contributed by atoms with Crippen LogP contribution in [0.25, 0.3) is 0 Å². The van der Waals surface area contributed by atoms with Gasteiger partial charge < -0.3 is 9.47 Å². The van der Waals surface area contributed by atoms with Crippen LogP contribution in [0.2, 0.25) is 0 Å². The summed E-state index contributed by atoms with van der Waals surface area (Å²) in [6, 6.07) is 5.12. The standard InChI is InChI=1S/C21H10B10O2/c1-6(2)9-7(32-20-16(28)12(24)10(22)13(25)17(20)29)4-3-5-8(9)33-21-18(30)14(26)11(23)15(27)19(21)31/h3-6H,1-2H3. The minimum atomic E-state index is -0.0898. The van der Waals surface area contributed by atoms with Gasteiger partial charge in [-0.25, -0.2) is 0 Å². The fourth-order valence-electron chi connectivity index (χ4n) is 3.36. The van der Waals surface area contributed by atoms with E-state index in [9.17, 15) is 0 Å². The van der Waals surface area contributed by atoms with Crippen LogP contribution in [-0.2, 0) is 0 Å². The van der Waals surface area contributed by atoms with E-state index in [0.29, 0.717) is 17.1 Å². The van der Waals surface area contributed by atoms with E-state index in [1.165, 1.54) is 0 Å². The molecule has 0 aliphatic carbocycles. The van der Waals surface area contributed by atoms with E-state index in [4.69, 9.17) is 87.9 Å². The van der Waals surface area contributed by atoms with Gasteiger partial charge in [0.2, 0.25) is 0 Å². The highest BCUT2D eigenvalue weighted by molar-refractivity contribution is 6.68. The van der Waals surface area contributed by atoms with Crippen LogP contribution in [0.3, 0.4) is 0 Å². The third kappa shape index (κ3) is 4.51. The zero-order valence-corrected chi connectivity index (χ0v) is 18.4. The largest absolute Gasteiger partial charge is 0.458 e. The first-order chi connectivity index (χ1) is 15.4. The highest BCUT2D eigenvalue weighted by Crippen LogP contribution is 2.38. The lowest BCUT2D eigenvalue weighted by atomic mass is 9.62. The maximum absolute atomic E-state index is 6.11. The van der Waals surface area contributed by atoms with Gasteiger partial charge in [0, 0.05) is 5.56 Å². The summed E-state index contributed by atoms with van der Waals surface area (Å²) in [6.45, 7) is 3.87. The average Bonchev–Trinajstić information content (AvgIpc) is 2.79. The molecule has 2 nitrogen and oxygen atoms in total. The molecular formula is C21H10B10O2. The second-order valence-electron chi connectivity index (χ2n) is 7.82. The Kier molecular flexibility index (Phi) is 7.46. The predicted molar refractivity (Wildman–Crippen MR) is 147 cm³/mol. The van der Waals surface area contributed by atoms with Crippen LogP contribution in [0.15, 0.2) is 18.2 Å². The van der Waals surface area contributed by atoms with Gasteiger partial charge in [-0.05, 0) is 18.1 Å². The van der Waals surface area contributed by atoms with E-state index in [2.05, 4.69) is 0 Å². The molecule has 3 rings (SSSR count). The molecule has 0 aliphatic rings. The first kappa shape index (κ1) is 25.5. The van der Waals surface area contributed by atoms with Crippen LogP contribution in [0, 0.1) is 0 Å². The third-order valence-corrected chi connectivity index (χ3v) is 5.33. The Bertz CT molecular complexity index is 1110. The highest BCUT2D eigenvalue weighted by atomic mass is 16.5.